The van der Waals surface area contributed by atoms with Gasteiger partial charge in [-0.2, -0.15) is 0 Å². The van der Waals surface area contributed by atoms with Crippen molar-refractivity contribution in [3.8, 4) is 5.75 Å². The first kappa shape index (κ1) is 16.5. The van der Waals surface area contributed by atoms with E-state index in [0.717, 1.165) is 5.56 Å². The third-order valence-corrected chi connectivity index (χ3v) is 2.59. The molecule has 0 fully saturated rings. The lowest BCUT2D eigenvalue weighted by molar-refractivity contribution is -0.139. The molecule has 0 aliphatic rings. The summed E-state index contributed by atoms with van der Waals surface area (Å²) in [6.07, 6.45) is -1.30. The van der Waals surface area contributed by atoms with Crippen LogP contribution in [-0.2, 0) is 14.4 Å². The van der Waals surface area contributed by atoms with E-state index in [9.17, 15) is 14.4 Å². The second-order valence-corrected chi connectivity index (χ2v) is 4.50. The molecule has 7 heteroatoms. The second-order valence-electron chi connectivity index (χ2n) is 4.50. The Morgan fingerprint density at radius 2 is 1.76 bits per heavy atom. The molecule has 21 heavy (non-hydrogen) atoms. The summed E-state index contributed by atoms with van der Waals surface area (Å²) < 4.78 is 5.40. The van der Waals surface area contributed by atoms with Gasteiger partial charge < -0.3 is 9.84 Å². The molecule has 0 spiro atoms. The summed E-state index contributed by atoms with van der Waals surface area (Å²) in [5.41, 5.74) is 5.39. The summed E-state index contributed by atoms with van der Waals surface area (Å²) in [4.78, 5) is 33.2. The largest absolute Gasteiger partial charge is 0.481 e. The van der Waals surface area contributed by atoms with Crippen LogP contribution in [0.4, 0.5) is 0 Å². The number of carbonyl (C=O) groups excluding carboxylic acids is 2. The highest BCUT2D eigenvalue weighted by Gasteiger charge is 2.15. The summed E-state index contributed by atoms with van der Waals surface area (Å²) in [6, 6.07) is 7.19. The number of hydrogen-bond acceptors (Lipinski definition) is 4. The van der Waals surface area contributed by atoms with Crippen LogP contribution in [0.25, 0.3) is 0 Å². The number of carboxylic acid groups (broad SMARTS) is 1. The molecule has 0 saturated heterocycles. The Hall–Kier alpha value is -2.57. The minimum Gasteiger partial charge on any atom is -0.481 e. The van der Waals surface area contributed by atoms with Crippen LogP contribution >= 0.6 is 0 Å². The number of hydrazine groups is 1. The normalized spacial score (nSPS) is 11.3. The molecule has 1 aromatic rings. The first-order valence-corrected chi connectivity index (χ1v) is 6.42. The van der Waals surface area contributed by atoms with Crippen molar-refractivity contribution in [3.63, 3.8) is 0 Å². The number of carbonyl (C=O) groups is 3. The number of aliphatic carboxylic acids is 1. The van der Waals surface area contributed by atoms with E-state index < -0.39 is 23.9 Å². The highest BCUT2D eigenvalue weighted by atomic mass is 16.5. The fourth-order valence-electron chi connectivity index (χ4n) is 1.39. The van der Waals surface area contributed by atoms with Gasteiger partial charge in [0.2, 0.25) is 5.91 Å². The number of rotatable bonds is 6. The van der Waals surface area contributed by atoms with Crippen LogP contribution < -0.4 is 15.6 Å². The van der Waals surface area contributed by atoms with Gasteiger partial charge in [-0.25, -0.2) is 0 Å². The summed E-state index contributed by atoms with van der Waals surface area (Å²) in [5, 5.41) is 8.42. The molecule has 3 N–H and O–H groups in total. The topological polar surface area (TPSA) is 105 Å². The summed E-state index contributed by atoms with van der Waals surface area (Å²) in [5.74, 6) is -1.64. The lowest BCUT2D eigenvalue weighted by Gasteiger charge is -2.15. The Kier molecular flexibility index (Phi) is 6.19. The molecule has 0 unspecified atom stereocenters. The van der Waals surface area contributed by atoms with Crippen molar-refractivity contribution < 1.29 is 24.2 Å². The number of hydrogen-bond donors (Lipinski definition) is 3. The Labute approximate surface area is 122 Å². The summed E-state index contributed by atoms with van der Waals surface area (Å²) in [6.45, 7) is 3.48. The molecule has 0 bridgehead atoms. The molecule has 0 aliphatic heterocycles. The predicted molar refractivity (Wildman–Crippen MR) is 74.4 cm³/mol. The molecule has 0 radical (unpaired) electrons. The van der Waals surface area contributed by atoms with Crippen molar-refractivity contribution in [1.82, 2.24) is 10.9 Å². The Morgan fingerprint density at radius 3 is 2.33 bits per heavy atom. The zero-order chi connectivity index (χ0) is 15.8. The lowest BCUT2D eigenvalue weighted by atomic mass is 10.2. The lowest BCUT2D eigenvalue weighted by Crippen LogP contribution is -2.47. The SMILES string of the molecule is Cc1ccc(O[C@H](C)C(=O)NNC(=O)CCC(=O)O)cc1. The Morgan fingerprint density at radius 1 is 1.14 bits per heavy atom. The fraction of sp³-hybridized carbons (Fsp3) is 0.357. The third kappa shape index (κ3) is 6.42. The van der Waals surface area contributed by atoms with Gasteiger partial charge in [0, 0.05) is 6.42 Å². The standard InChI is InChI=1S/C14H18N2O5/c1-9-3-5-11(6-4-9)21-10(2)14(20)16-15-12(17)7-8-13(18)19/h3-6,10H,7-8H2,1-2H3,(H,15,17)(H,16,20)(H,18,19)/t10-/m1/s1. The van der Waals surface area contributed by atoms with Gasteiger partial charge in [-0.3, -0.25) is 25.2 Å². The minimum absolute atomic E-state index is 0.206. The number of aryl methyl sites for hydroxylation is 1. The van der Waals surface area contributed by atoms with Gasteiger partial charge in [-0.15, -0.1) is 0 Å². The monoisotopic (exact) mass is 294 g/mol. The highest BCUT2D eigenvalue weighted by Crippen LogP contribution is 2.13. The molecule has 0 aliphatic carbocycles. The van der Waals surface area contributed by atoms with Crippen LogP contribution in [-0.4, -0.2) is 29.0 Å². The maximum Gasteiger partial charge on any atom is 0.303 e. The van der Waals surface area contributed by atoms with Crippen LogP contribution in [0.1, 0.15) is 25.3 Å². The van der Waals surface area contributed by atoms with Gasteiger partial charge in [0.1, 0.15) is 5.75 Å². The van der Waals surface area contributed by atoms with Crippen LogP contribution in [0.3, 0.4) is 0 Å². The van der Waals surface area contributed by atoms with Crippen molar-refractivity contribution >= 4 is 17.8 Å². The quantitative estimate of drug-likeness (QED) is 0.672. The van der Waals surface area contributed by atoms with Crippen molar-refractivity contribution in [3.05, 3.63) is 29.8 Å². The molecule has 2 amide bonds. The Bertz CT molecular complexity index is 513. The van der Waals surface area contributed by atoms with Crippen LogP contribution in [0.2, 0.25) is 0 Å². The summed E-state index contributed by atoms with van der Waals surface area (Å²) in [7, 11) is 0. The van der Waals surface area contributed by atoms with E-state index >= 15 is 0 Å². The van der Waals surface area contributed by atoms with E-state index in [1.807, 2.05) is 19.1 Å². The van der Waals surface area contributed by atoms with Gasteiger partial charge in [0.15, 0.2) is 6.10 Å². The predicted octanol–water partition coefficient (Wildman–Crippen LogP) is 0.775. The van der Waals surface area contributed by atoms with Gasteiger partial charge >= 0.3 is 5.97 Å². The fourth-order valence-corrected chi connectivity index (χ4v) is 1.39. The minimum atomic E-state index is -1.08. The third-order valence-electron chi connectivity index (χ3n) is 2.59. The number of ether oxygens (including phenoxy) is 1. The Balaban J connectivity index is 2.35. The highest BCUT2D eigenvalue weighted by molar-refractivity contribution is 5.85. The first-order chi connectivity index (χ1) is 9.88. The first-order valence-electron chi connectivity index (χ1n) is 6.42. The van der Waals surface area contributed by atoms with E-state index in [1.54, 1.807) is 19.1 Å². The van der Waals surface area contributed by atoms with Crippen molar-refractivity contribution in [2.24, 2.45) is 0 Å². The zero-order valence-electron chi connectivity index (χ0n) is 11.9. The number of benzene rings is 1. The molecule has 114 valence electrons. The average Bonchev–Trinajstić information content (AvgIpc) is 2.44. The molecular weight excluding hydrogens is 276 g/mol. The molecular formula is C14H18N2O5. The van der Waals surface area contributed by atoms with Gasteiger partial charge in [-0.1, -0.05) is 17.7 Å². The van der Waals surface area contributed by atoms with Crippen LogP contribution in [0, 0.1) is 6.92 Å². The number of carboxylic acids is 1. The van der Waals surface area contributed by atoms with E-state index in [-0.39, 0.29) is 12.8 Å². The molecule has 0 heterocycles. The zero-order valence-corrected chi connectivity index (χ0v) is 11.9. The van der Waals surface area contributed by atoms with E-state index in [0.29, 0.717) is 5.75 Å². The maximum absolute atomic E-state index is 11.7. The van der Waals surface area contributed by atoms with E-state index in [1.165, 1.54) is 0 Å². The van der Waals surface area contributed by atoms with Gasteiger partial charge in [0.25, 0.3) is 5.91 Å². The number of nitrogens with one attached hydrogen (secondary N) is 2. The van der Waals surface area contributed by atoms with Crippen LogP contribution in [0.5, 0.6) is 5.75 Å². The molecule has 1 aromatic carbocycles. The molecule has 1 atom stereocenters. The number of amides is 2. The van der Waals surface area contributed by atoms with Crippen molar-refractivity contribution in [2.75, 3.05) is 0 Å². The summed E-state index contributed by atoms with van der Waals surface area (Å²) >= 11 is 0. The van der Waals surface area contributed by atoms with E-state index in [2.05, 4.69) is 10.9 Å². The molecule has 0 saturated carbocycles. The van der Waals surface area contributed by atoms with Crippen LogP contribution in [0.15, 0.2) is 24.3 Å². The smallest absolute Gasteiger partial charge is 0.303 e. The van der Waals surface area contributed by atoms with Gasteiger partial charge in [-0.05, 0) is 26.0 Å². The molecule has 1 rings (SSSR count). The molecule has 0 aromatic heterocycles. The van der Waals surface area contributed by atoms with Gasteiger partial charge in [0.05, 0.1) is 6.42 Å². The molecule has 7 nitrogen and oxygen atoms in total. The maximum atomic E-state index is 11.7. The van der Waals surface area contributed by atoms with Crippen molar-refractivity contribution in [2.45, 2.75) is 32.8 Å². The van der Waals surface area contributed by atoms with Crippen molar-refractivity contribution in [1.29, 1.82) is 0 Å². The second kappa shape index (κ2) is 7.88. The van der Waals surface area contributed by atoms with E-state index in [4.69, 9.17) is 9.84 Å². The average molecular weight is 294 g/mol.